The molecule has 0 saturated carbocycles. The molecule has 1 aromatic rings. The molecule has 5 nitrogen and oxygen atoms in total. The van der Waals surface area contributed by atoms with Gasteiger partial charge in [-0.1, -0.05) is 30.3 Å². The molecule has 0 radical (unpaired) electrons. The van der Waals surface area contributed by atoms with Crippen LogP contribution in [0.3, 0.4) is 0 Å². The minimum absolute atomic E-state index is 0. The van der Waals surface area contributed by atoms with Crippen molar-refractivity contribution < 1.29 is 43.8 Å². The number of carbonyl (C=O) groups is 2. The molecule has 6 heteroatoms. The molecule has 0 saturated heterocycles. The molecule has 0 amide bonds. The van der Waals surface area contributed by atoms with Gasteiger partial charge in [0, 0.05) is 6.42 Å². The molecule has 1 unspecified atom stereocenters. The van der Waals surface area contributed by atoms with Crippen molar-refractivity contribution in [3.05, 3.63) is 35.9 Å². The third-order valence-electron chi connectivity index (χ3n) is 1.99. The van der Waals surface area contributed by atoms with Gasteiger partial charge < -0.3 is 20.1 Å². The Balaban J connectivity index is 0.00000225. The van der Waals surface area contributed by atoms with Gasteiger partial charge in [0.25, 0.3) is 0 Å². The van der Waals surface area contributed by atoms with Crippen molar-refractivity contribution >= 4 is 11.9 Å². The van der Waals surface area contributed by atoms with Crippen LogP contribution in [0.4, 0.5) is 0 Å². The van der Waals surface area contributed by atoms with Gasteiger partial charge in [-0.15, -0.1) is 0 Å². The summed E-state index contributed by atoms with van der Waals surface area (Å²) >= 11 is 0. The number of carboxylic acids is 2. The molecule has 80 valence electrons. The molecule has 0 spiro atoms. The van der Waals surface area contributed by atoms with Crippen molar-refractivity contribution in [2.75, 3.05) is 0 Å². The number of hydrogen-bond acceptors (Lipinski definition) is 4. The normalized spacial score (nSPS) is 13.3. The second-order valence-electron chi connectivity index (χ2n) is 3.12. The molecule has 0 aliphatic heterocycles. The Labute approximate surface area is 104 Å². The second kappa shape index (κ2) is 5.71. The fourth-order valence-corrected chi connectivity index (χ4v) is 1.13. The fourth-order valence-electron chi connectivity index (χ4n) is 1.13. The van der Waals surface area contributed by atoms with E-state index in [4.69, 9.17) is 5.11 Å². The van der Waals surface area contributed by atoms with Crippen molar-refractivity contribution in [3.63, 3.8) is 0 Å². The zero-order valence-corrected chi connectivity index (χ0v) is 8.71. The van der Waals surface area contributed by atoms with Gasteiger partial charge in [-0.05, 0) is 5.56 Å². The van der Waals surface area contributed by atoms with Gasteiger partial charge in [0.15, 0.2) is 0 Å². The Kier molecular flexibility index (Phi) is 5.25. The van der Waals surface area contributed by atoms with Gasteiger partial charge in [0.2, 0.25) is 5.60 Å². The van der Waals surface area contributed by atoms with E-state index in [0.717, 1.165) is 0 Å². The van der Waals surface area contributed by atoms with Crippen LogP contribution in [0.25, 0.3) is 0 Å². The molecule has 0 aromatic heterocycles. The average Bonchev–Trinajstić information content (AvgIpc) is 2.18. The third kappa shape index (κ3) is 3.10. The van der Waals surface area contributed by atoms with Crippen LogP contribution in [0.15, 0.2) is 30.3 Å². The van der Waals surface area contributed by atoms with Crippen LogP contribution in [0.5, 0.6) is 0 Å². The number of carboxylic acid groups (broad SMARTS) is 2. The van der Waals surface area contributed by atoms with Crippen LogP contribution in [0, 0.1) is 0 Å². The van der Waals surface area contributed by atoms with Crippen LogP contribution < -0.4 is 24.0 Å². The molecule has 2 N–H and O–H groups in total. The van der Waals surface area contributed by atoms with E-state index in [9.17, 15) is 19.8 Å². The molecule has 0 aliphatic rings. The third-order valence-corrected chi connectivity index (χ3v) is 1.99. The minimum atomic E-state index is -2.87. The second-order valence-corrected chi connectivity index (χ2v) is 3.12. The number of benzene rings is 1. The van der Waals surface area contributed by atoms with Gasteiger partial charge in [-0.2, -0.15) is 0 Å². The summed E-state index contributed by atoms with van der Waals surface area (Å²) in [6, 6.07) is 7.98. The number of rotatable bonds is 4. The summed E-state index contributed by atoms with van der Waals surface area (Å²) in [5.41, 5.74) is -2.46. The van der Waals surface area contributed by atoms with Crippen molar-refractivity contribution in [2.45, 2.75) is 12.0 Å². The zero-order chi connectivity index (χ0) is 11.5. The molecule has 0 heterocycles. The van der Waals surface area contributed by atoms with Crippen LogP contribution in [0.1, 0.15) is 5.56 Å². The summed E-state index contributed by atoms with van der Waals surface area (Å²) < 4.78 is 0. The van der Waals surface area contributed by atoms with Crippen LogP contribution in [-0.2, 0) is 16.0 Å². The van der Waals surface area contributed by atoms with E-state index in [-0.39, 0.29) is 18.9 Å². The molecular weight excluding hydrogens is 207 g/mol. The molecule has 16 heavy (non-hydrogen) atoms. The fraction of sp³-hybridized carbons (Fsp3) is 0.200. The Hall–Kier alpha value is -1.28. The first-order valence-corrected chi connectivity index (χ1v) is 4.18. The maximum absolute atomic E-state index is 10.6. The van der Waals surface area contributed by atoms with Gasteiger partial charge in [-0.3, -0.25) is 0 Å². The Bertz CT molecular complexity index is 362. The Morgan fingerprint density at radius 2 is 1.75 bits per heavy atom. The molecular formula is C10H9LiO5. The number of hydrogen-bond donors (Lipinski definition) is 2. The molecule has 0 bridgehead atoms. The van der Waals surface area contributed by atoms with Crippen LogP contribution in [0.2, 0.25) is 0 Å². The van der Waals surface area contributed by atoms with Crippen LogP contribution in [-0.4, -0.2) is 27.8 Å². The standard InChI is InChI=1S/C10H10O5.Li/c11-8(12)10(15,9(13)14)6-7-4-2-1-3-5-7;/h1-5,15H,6H2,(H,11,12)(H,13,14);/q;+1/p-1. The number of aliphatic hydroxyl groups is 1. The smallest absolute Gasteiger partial charge is 0.546 e. The van der Waals surface area contributed by atoms with Crippen molar-refractivity contribution in [1.29, 1.82) is 0 Å². The summed E-state index contributed by atoms with van der Waals surface area (Å²) in [4.78, 5) is 21.1. The average molecular weight is 216 g/mol. The van der Waals surface area contributed by atoms with Crippen molar-refractivity contribution in [3.8, 4) is 0 Å². The van der Waals surface area contributed by atoms with E-state index in [1.54, 1.807) is 18.2 Å². The van der Waals surface area contributed by atoms with Gasteiger partial charge in [0.1, 0.15) is 0 Å². The van der Waals surface area contributed by atoms with Crippen molar-refractivity contribution in [2.24, 2.45) is 0 Å². The first-order valence-electron chi connectivity index (χ1n) is 4.18. The van der Waals surface area contributed by atoms with Crippen molar-refractivity contribution in [1.82, 2.24) is 0 Å². The zero-order valence-electron chi connectivity index (χ0n) is 8.71. The largest absolute Gasteiger partial charge is 1.00 e. The quantitative estimate of drug-likeness (QED) is 0.393. The van der Waals surface area contributed by atoms with Gasteiger partial charge >= 0.3 is 24.8 Å². The molecule has 1 rings (SSSR count). The summed E-state index contributed by atoms with van der Waals surface area (Å²) in [6.45, 7) is 0. The van der Waals surface area contributed by atoms with E-state index < -0.39 is 24.0 Å². The summed E-state index contributed by atoms with van der Waals surface area (Å²) in [7, 11) is 0. The number of aliphatic carboxylic acids is 2. The van der Waals surface area contributed by atoms with Crippen LogP contribution >= 0.6 is 0 Å². The summed E-state index contributed by atoms with van der Waals surface area (Å²) in [6.07, 6.45) is -0.522. The predicted molar refractivity (Wildman–Crippen MR) is 47.7 cm³/mol. The first-order chi connectivity index (χ1) is 6.97. The Morgan fingerprint density at radius 3 is 2.12 bits per heavy atom. The van der Waals surface area contributed by atoms with E-state index >= 15 is 0 Å². The molecule has 0 fully saturated rings. The SMILES string of the molecule is O=C([O-])C(O)(Cc1ccccc1)C(=O)O.[Li+]. The summed E-state index contributed by atoms with van der Waals surface area (Å²) in [5.74, 6) is -3.84. The van der Waals surface area contributed by atoms with E-state index in [2.05, 4.69) is 0 Å². The molecule has 1 atom stereocenters. The van der Waals surface area contributed by atoms with Gasteiger partial charge in [0.05, 0.1) is 5.97 Å². The molecule has 0 aliphatic carbocycles. The minimum Gasteiger partial charge on any atom is -0.546 e. The predicted octanol–water partition coefficient (Wildman–Crippen LogP) is -4.20. The first kappa shape index (κ1) is 14.7. The topological polar surface area (TPSA) is 97.7 Å². The maximum atomic E-state index is 10.6. The van der Waals surface area contributed by atoms with E-state index in [1.807, 2.05) is 0 Å². The maximum Gasteiger partial charge on any atom is 1.00 e. The monoisotopic (exact) mass is 216 g/mol. The Morgan fingerprint density at radius 1 is 1.25 bits per heavy atom. The molecule has 1 aromatic carbocycles. The van der Waals surface area contributed by atoms with E-state index in [0.29, 0.717) is 5.56 Å². The van der Waals surface area contributed by atoms with Gasteiger partial charge in [-0.25, -0.2) is 4.79 Å². The number of carbonyl (C=O) groups excluding carboxylic acids is 1. The summed E-state index contributed by atoms with van der Waals surface area (Å²) in [5, 5.41) is 28.5. The van der Waals surface area contributed by atoms with E-state index in [1.165, 1.54) is 12.1 Å².